The fourth-order valence-corrected chi connectivity index (χ4v) is 5.36. The molecule has 2 aromatic rings. The van der Waals surface area contributed by atoms with Crippen molar-refractivity contribution in [2.75, 3.05) is 6.61 Å². The summed E-state index contributed by atoms with van der Waals surface area (Å²) in [5.41, 5.74) is 0.448. The van der Waals surface area contributed by atoms with E-state index in [9.17, 15) is 14.4 Å². The Balaban J connectivity index is 1.59. The summed E-state index contributed by atoms with van der Waals surface area (Å²) in [4.78, 5) is 41.3. The van der Waals surface area contributed by atoms with Gasteiger partial charge in [-0.05, 0) is 44.1 Å². The average molecular weight is 422 g/mol. The molecule has 1 aromatic carbocycles. The van der Waals surface area contributed by atoms with Crippen LogP contribution in [-0.4, -0.2) is 40.0 Å². The lowest BCUT2D eigenvalue weighted by atomic mass is 9.73. The van der Waals surface area contributed by atoms with Gasteiger partial charge in [0.2, 0.25) is 5.43 Å². The second kappa shape index (κ2) is 7.87. The highest BCUT2D eigenvalue weighted by atomic mass is 16.5. The van der Waals surface area contributed by atoms with Gasteiger partial charge in [0.15, 0.2) is 11.4 Å². The van der Waals surface area contributed by atoms with Gasteiger partial charge in [-0.25, -0.2) is 4.79 Å². The number of rotatable bonds is 5. The molecular formula is C24H26N2O5. The lowest BCUT2D eigenvalue weighted by Crippen LogP contribution is -2.62. The Hall–Kier alpha value is -3.09. The number of hydrogen-bond donors (Lipinski definition) is 0. The molecular weight excluding hydrogens is 396 g/mol. The molecule has 31 heavy (non-hydrogen) atoms. The number of amides is 1. The first-order chi connectivity index (χ1) is 15.1. The summed E-state index contributed by atoms with van der Waals surface area (Å²) in [5, 5.41) is 0. The third kappa shape index (κ3) is 3.32. The zero-order valence-electron chi connectivity index (χ0n) is 17.6. The number of ether oxygens (including phenoxy) is 2. The molecule has 0 radical (unpaired) electrons. The first-order valence-electron chi connectivity index (χ1n) is 11.0. The molecule has 1 saturated carbocycles. The van der Waals surface area contributed by atoms with E-state index in [1.54, 1.807) is 11.5 Å². The van der Waals surface area contributed by atoms with Gasteiger partial charge in [-0.2, -0.15) is 0 Å². The van der Waals surface area contributed by atoms with Gasteiger partial charge in [-0.15, -0.1) is 0 Å². The first-order valence-corrected chi connectivity index (χ1v) is 11.0. The molecule has 1 amide bonds. The molecule has 0 N–H and O–H groups in total. The Morgan fingerprint density at radius 3 is 2.55 bits per heavy atom. The zero-order valence-corrected chi connectivity index (χ0v) is 17.6. The van der Waals surface area contributed by atoms with Crippen LogP contribution in [0.4, 0.5) is 0 Å². The van der Waals surface area contributed by atoms with Crippen molar-refractivity contribution in [2.24, 2.45) is 5.92 Å². The van der Waals surface area contributed by atoms with Crippen LogP contribution in [0.2, 0.25) is 0 Å². The summed E-state index contributed by atoms with van der Waals surface area (Å²) >= 11 is 0. The lowest BCUT2D eigenvalue weighted by Gasteiger charge is -2.53. The number of fused-ring (bicyclic) bond motifs is 3. The molecule has 1 unspecified atom stereocenters. The van der Waals surface area contributed by atoms with E-state index in [2.05, 4.69) is 0 Å². The van der Waals surface area contributed by atoms with Crippen molar-refractivity contribution in [3.8, 4) is 5.75 Å². The normalized spacial score (nSPS) is 23.8. The number of piperidine rings is 2. The standard InChI is InChI=1S/C24H26N2O5/c1-2-30-24(29)18-12-25-13-19-16-8-10-17(11-9-16)26(19)23(28)20(25)22(21(18)27)31-14-15-6-4-3-5-7-15/h3-7,12,16-17,19H,2,8-11,13-14H2,1H3. The van der Waals surface area contributed by atoms with E-state index < -0.39 is 11.4 Å². The van der Waals surface area contributed by atoms with Gasteiger partial charge in [0.05, 0.1) is 12.6 Å². The Kier molecular flexibility index (Phi) is 5.04. The van der Waals surface area contributed by atoms with E-state index in [4.69, 9.17) is 9.47 Å². The van der Waals surface area contributed by atoms with Crippen LogP contribution in [-0.2, 0) is 17.9 Å². The molecule has 1 atom stereocenters. The topological polar surface area (TPSA) is 77.8 Å². The lowest BCUT2D eigenvalue weighted by molar-refractivity contribution is -0.0183. The number of esters is 1. The molecule has 3 fully saturated rings. The Morgan fingerprint density at radius 1 is 1.10 bits per heavy atom. The van der Waals surface area contributed by atoms with Crippen LogP contribution in [0.5, 0.6) is 5.75 Å². The highest BCUT2D eigenvalue weighted by Gasteiger charge is 2.48. The molecule has 7 nitrogen and oxygen atoms in total. The largest absolute Gasteiger partial charge is 0.483 e. The van der Waals surface area contributed by atoms with Crippen molar-refractivity contribution in [1.82, 2.24) is 9.47 Å². The van der Waals surface area contributed by atoms with Gasteiger partial charge < -0.3 is 18.9 Å². The van der Waals surface area contributed by atoms with Gasteiger partial charge in [0.1, 0.15) is 12.2 Å². The second-order valence-electron chi connectivity index (χ2n) is 8.55. The van der Waals surface area contributed by atoms with Gasteiger partial charge in [0.25, 0.3) is 5.91 Å². The van der Waals surface area contributed by atoms with Crippen LogP contribution in [0, 0.1) is 5.92 Å². The second-order valence-corrected chi connectivity index (χ2v) is 8.55. The Morgan fingerprint density at radius 2 is 1.84 bits per heavy atom. The molecule has 2 saturated heterocycles. The van der Waals surface area contributed by atoms with Crippen LogP contribution in [0.3, 0.4) is 0 Å². The van der Waals surface area contributed by atoms with Gasteiger partial charge in [-0.3, -0.25) is 9.59 Å². The Bertz CT molecular complexity index is 1070. The fraction of sp³-hybridized carbons (Fsp3) is 0.458. The van der Waals surface area contributed by atoms with E-state index >= 15 is 0 Å². The molecule has 162 valence electrons. The van der Waals surface area contributed by atoms with Gasteiger partial charge in [0, 0.05) is 18.8 Å². The van der Waals surface area contributed by atoms with Gasteiger partial charge in [-0.1, -0.05) is 30.3 Å². The van der Waals surface area contributed by atoms with E-state index in [1.807, 2.05) is 35.2 Å². The highest BCUT2D eigenvalue weighted by Crippen LogP contribution is 2.43. The summed E-state index contributed by atoms with van der Waals surface area (Å²) in [5.74, 6) is -0.450. The van der Waals surface area contributed by atoms with Gasteiger partial charge >= 0.3 is 5.97 Å². The van der Waals surface area contributed by atoms with Crippen LogP contribution >= 0.6 is 0 Å². The fourth-order valence-electron chi connectivity index (χ4n) is 5.36. The molecule has 3 aliphatic heterocycles. The average Bonchev–Trinajstić information content (AvgIpc) is 2.80. The summed E-state index contributed by atoms with van der Waals surface area (Å²) in [7, 11) is 0. The monoisotopic (exact) mass is 422 g/mol. The smallest absolute Gasteiger partial charge is 0.343 e. The minimum absolute atomic E-state index is 0.0562. The van der Waals surface area contributed by atoms with E-state index in [-0.39, 0.29) is 48.2 Å². The third-order valence-electron chi connectivity index (χ3n) is 6.82. The van der Waals surface area contributed by atoms with E-state index in [1.165, 1.54) is 6.20 Å². The first kappa shape index (κ1) is 19.8. The van der Waals surface area contributed by atoms with Crippen molar-refractivity contribution < 1.29 is 19.1 Å². The molecule has 7 heteroatoms. The highest BCUT2D eigenvalue weighted by molar-refractivity contribution is 5.98. The Labute approximate surface area is 180 Å². The van der Waals surface area contributed by atoms with Crippen molar-refractivity contribution in [1.29, 1.82) is 0 Å². The van der Waals surface area contributed by atoms with Crippen LogP contribution in [0.25, 0.3) is 0 Å². The van der Waals surface area contributed by atoms with Crippen molar-refractivity contribution in [2.45, 2.75) is 57.8 Å². The number of hydrogen-bond acceptors (Lipinski definition) is 5. The van der Waals surface area contributed by atoms with E-state index in [0.29, 0.717) is 12.5 Å². The number of carbonyl (C=O) groups excluding carboxylic acids is 2. The SMILES string of the molecule is CCOC(=O)c1cn2c(c(OCc3ccccc3)c1=O)C(=O)N1C3CCC(CC3)C1C2. The predicted octanol–water partition coefficient (Wildman–Crippen LogP) is 3.00. The summed E-state index contributed by atoms with van der Waals surface area (Å²) in [6, 6.07) is 9.77. The number of benzene rings is 1. The number of aromatic nitrogens is 1. The molecule has 4 heterocycles. The molecule has 0 spiro atoms. The van der Waals surface area contributed by atoms with Crippen LogP contribution in [0.1, 0.15) is 59.0 Å². The van der Waals surface area contributed by atoms with E-state index in [0.717, 1.165) is 31.2 Å². The van der Waals surface area contributed by atoms with Crippen LogP contribution in [0.15, 0.2) is 41.3 Å². The molecule has 1 aliphatic carbocycles. The number of pyridine rings is 1. The summed E-state index contributed by atoms with van der Waals surface area (Å²) < 4.78 is 12.8. The molecule has 1 aromatic heterocycles. The maximum Gasteiger partial charge on any atom is 0.343 e. The number of carbonyl (C=O) groups is 2. The van der Waals surface area contributed by atoms with Crippen molar-refractivity contribution >= 4 is 11.9 Å². The quantitative estimate of drug-likeness (QED) is 0.693. The minimum atomic E-state index is -0.688. The third-order valence-corrected chi connectivity index (χ3v) is 6.82. The van der Waals surface area contributed by atoms with Crippen molar-refractivity contribution in [3.63, 3.8) is 0 Å². The molecule has 4 aliphatic rings. The maximum atomic E-state index is 13.6. The van der Waals surface area contributed by atoms with Crippen LogP contribution < -0.4 is 10.2 Å². The molecule has 2 bridgehead atoms. The maximum absolute atomic E-state index is 13.6. The predicted molar refractivity (Wildman–Crippen MR) is 113 cm³/mol. The zero-order chi connectivity index (χ0) is 21.5. The van der Waals surface area contributed by atoms with Crippen molar-refractivity contribution in [3.05, 3.63) is 63.6 Å². The minimum Gasteiger partial charge on any atom is -0.483 e. The molecule has 6 rings (SSSR count). The number of nitrogens with zero attached hydrogens (tertiary/aromatic N) is 2. The summed E-state index contributed by atoms with van der Waals surface area (Å²) in [6.07, 6.45) is 5.76. The summed E-state index contributed by atoms with van der Waals surface area (Å²) in [6.45, 7) is 2.56.